The van der Waals surface area contributed by atoms with Crippen LogP contribution in [-0.2, 0) is 6.54 Å². The number of hydrogen-bond acceptors (Lipinski definition) is 4. The summed E-state index contributed by atoms with van der Waals surface area (Å²) >= 11 is 0. The number of aromatic hydroxyl groups is 1. The Hall–Kier alpha value is -2.66. The second-order valence-electron chi connectivity index (χ2n) is 5.49. The normalized spacial score (nSPS) is 11.0. The predicted octanol–water partition coefficient (Wildman–Crippen LogP) is 2.91. The summed E-state index contributed by atoms with van der Waals surface area (Å²) in [6.45, 7) is 0.878. The molecule has 0 bridgehead atoms. The van der Waals surface area contributed by atoms with Crippen LogP contribution in [0.25, 0.3) is 22.8 Å². The van der Waals surface area contributed by atoms with Crippen LogP contribution >= 0.6 is 0 Å². The van der Waals surface area contributed by atoms with Crippen LogP contribution in [-0.4, -0.2) is 39.3 Å². The molecular formula is C17H18N4O. The largest absolute Gasteiger partial charge is 0.508 e. The number of nitrogens with one attached hydrogen (secondary N) is 1. The zero-order valence-electron chi connectivity index (χ0n) is 12.6. The molecule has 2 N–H and O–H groups in total. The van der Waals surface area contributed by atoms with E-state index in [1.165, 1.54) is 5.56 Å². The molecular weight excluding hydrogens is 276 g/mol. The zero-order valence-corrected chi connectivity index (χ0v) is 12.6. The van der Waals surface area contributed by atoms with Crippen LogP contribution in [0.2, 0.25) is 0 Å². The maximum atomic E-state index is 9.34. The van der Waals surface area contributed by atoms with Gasteiger partial charge in [-0.1, -0.05) is 18.2 Å². The molecule has 0 unspecified atom stereocenters. The molecule has 22 heavy (non-hydrogen) atoms. The van der Waals surface area contributed by atoms with Gasteiger partial charge in [0.05, 0.1) is 0 Å². The first kappa shape index (κ1) is 14.3. The molecule has 0 spiro atoms. The van der Waals surface area contributed by atoms with E-state index >= 15 is 0 Å². The van der Waals surface area contributed by atoms with Crippen LogP contribution < -0.4 is 0 Å². The highest BCUT2D eigenvalue weighted by atomic mass is 16.3. The Morgan fingerprint density at radius 1 is 1.05 bits per heavy atom. The fourth-order valence-corrected chi connectivity index (χ4v) is 2.31. The number of phenolic OH excluding ortho intramolecular Hbond substituents is 1. The maximum Gasteiger partial charge on any atom is 0.181 e. The molecule has 0 radical (unpaired) electrons. The summed E-state index contributed by atoms with van der Waals surface area (Å²) in [4.78, 5) is 6.66. The Bertz CT molecular complexity index is 762. The third kappa shape index (κ3) is 3.15. The fourth-order valence-electron chi connectivity index (χ4n) is 2.31. The van der Waals surface area contributed by atoms with Gasteiger partial charge in [-0.2, -0.15) is 5.10 Å². The lowest BCUT2D eigenvalue weighted by atomic mass is 10.1. The van der Waals surface area contributed by atoms with Crippen molar-refractivity contribution in [3.63, 3.8) is 0 Å². The van der Waals surface area contributed by atoms with Crippen LogP contribution in [0.15, 0.2) is 48.5 Å². The fraction of sp³-hybridized carbons (Fsp3) is 0.176. The number of benzene rings is 2. The molecule has 1 heterocycles. The van der Waals surface area contributed by atoms with Crippen molar-refractivity contribution in [3.05, 3.63) is 54.1 Å². The molecule has 5 heteroatoms. The smallest absolute Gasteiger partial charge is 0.181 e. The molecule has 0 aliphatic carbocycles. The van der Waals surface area contributed by atoms with Crippen LogP contribution in [0.3, 0.4) is 0 Å². The van der Waals surface area contributed by atoms with Gasteiger partial charge in [-0.05, 0) is 50.0 Å². The second-order valence-corrected chi connectivity index (χ2v) is 5.49. The van der Waals surface area contributed by atoms with Crippen molar-refractivity contribution in [1.29, 1.82) is 0 Å². The molecule has 0 aliphatic heterocycles. The van der Waals surface area contributed by atoms with Gasteiger partial charge < -0.3 is 10.0 Å². The van der Waals surface area contributed by atoms with Gasteiger partial charge in [-0.15, -0.1) is 0 Å². The molecule has 3 rings (SSSR count). The number of nitrogens with zero attached hydrogens (tertiary/aromatic N) is 3. The molecule has 0 atom stereocenters. The number of hydrogen-bond donors (Lipinski definition) is 2. The third-order valence-corrected chi connectivity index (χ3v) is 3.31. The summed E-state index contributed by atoms with van der Waals surface area (Å²) in [5.41, 5.74) is 3.10. The van der Waals surface area contributed by atoms with E-state index in [0.29, 0.717) is 11.6 Å². The van der Waals surface area contributed by atoms with E-state index in [9.17, 15) is 5.11 Å². The summed E-state index contributed by atoms with van der Waals surface area (Å²) in [5, 5.41) is 16.6. The van der Waals surface area contributed by atoms with Gasteiger partial charge in [-0.3, -0.25) is 5.10 Å². The van der Waals surface area contributed by atoms with Crippen molar-refractivity contribution in [2.45, 2.75) is 6.54 Å². The van der Waals surface area contributed by atoms with Gasteiger partial charge in [0, 0.05) is 17.7 Å². The first-order valence-electron chi connectivity index (χ1n) is 7.07. The first-order valence-corrected chi connectivity index (χ1v) is 7.07. The van der Waals surface area contributed by atoms with Gasteiger partial charge in [-0.25, -0.2) is 4.98 Å². The average molecular weight is 294 g/mol. The Morgan fingerprint density at radius 2 is 1.82 bits per heavy atom. The van der Waals surface area contributed by atoms with Crippen molar-refractivity contribution >= 4 is 0 Å². The molecule has 2 aromatic carbocycles. The Morgan fingerprint density at radius 3 is 2.55 bits per heavy atom. The minimum absolute atomic E-state index is 0.236. The summed E-state index contributed by atoms with van der Waals surface area (Å²) in [5.74, 6) is 1.59. The molecule has 0 saturated heterocycles. The number of rotatable bonds is 4. The lowest BCUT2D eigenvalue weighted by molar-refractivity contribution is 0.402. The van der Waals surface area contributed by atoms with Crippen LogP contribution in [0.4, 0.5) is 0 Å². The molecule has 5 nitrogen and oxygen atoms in total. The lowest BCUT2D eigenvalue weighted by Gasteiger charge is -2.09. The van der Waals surface area contributed by atoms with E-state index < -0.39 is 0 Å². The Kier molecular flexibility index (Phi) is 3.89. The van der Waals surface area contributed by atoms with E-state index in [1.54, 1.807) is 12.1 Å². The lowest BCUT2D eigenvalue weighted by Crippen LogP contribution is -2.10. The molecule has 1 aromatic heterocycles. The van der Waals surface area contributed by atoms with E-state index in [0.717, 1.165) is 17.7 Å². The summed E-state index contributed by atoms with van der Waals surface area (Å²) in [7, 11) is 4.09. The van der Waals surface area contributed by atoms with Gasteiger partial charge in [0.15, 0.2) is 11.6 Å². The number of H-pyrrole nitrogens is 1. The van der Waals surface area contributed by atoms with E-state index in [2.05, 4.69) is 32.2 Å². The molecule has 0 amide bonds. The Balaban J connectivity index is 1.89. The second kappa shape index (κ2) is 5.99. The van der Waals surface area contributed by atoms with Crippen molar-refractivity contribution in [1.82, 2.24) is 20.1 Å². The average Bonchev–Trinajstić information content (AvgIpc) is 2.97. The number of aromatic nitrogens is 3. The SMILES string of the molecule is CN(C)Cc1cccc(-c2n[nH]c(-c3ccc(O)cc3)n2)c1. The molecule has 0 saturated carbocycles. The first-order chi connectivity index (χ1) is 10.6. The van der Waals surface area contributed by atoms with Gasteiger partial charge >= 0.3 is 0 Å². The van der Waals surface area contributed by atoms with Crippen molar-refractivity contribution in [2.24, 2.45) is 0 Å². The minimum atomic E-state index is 0.236. The van der Waals surface area contributed by atoms with Crippen molar-refractivity contribution in [3.8, 4) is 28.5 Å². The van der Waals surface area contributed by atoms with Crippen LogP contribution in [0.1, 0.15) is 5.56 Å². The third-order valence-electron chi connectivity index (χ3n) is 3.31. The van der Waals surface area contributed by atoms with Crippen molar-refractivity contribution in [2.75, 3.05) is 14.1 Å². The zero-order chi connectivity index (χ0) is 15.5. The minimum Gasteiger partial charge on any atom is -0.508 e. The van der Waals surface area contributed by atoms with Crippen molar-refractivity contribution < 1.29 is 5.11 Å². The monoisotopic (exact) mass is 294 g/mol. The highest BCUT2D eigenvalue weighted by Crippen LogP contribution is 2.22. The molecule has 0 aliphatic rings. The number of phenols is 1. The van der Waals surface area contributed by atoms with E-state index in [4.69, 9.17) is 0 Å². The van der Waals surface area contributed by atoms with E-state index in [1.807, 2.05) is 38.4 Å². The van der Waals surface area contributed by atoms with Gasteiger partial charge in [0.25, 0.3) is 0 Å². The van der Waals surface area contributed by atoms with Crippen LogP contribution in [0.5, 0.6) is 5.75 Å². The molecule has 3 aromatic rings. The number of aromatic amines is 1. The standard InChI is InChI=1S/C17H18N4O/c1-21(2)11-12-4-3-5-14(10-12)17-18-16(19-20-17)13-6-8-15(22)9-7-13/h3-10,22H,11H2,1-2H3,(H,18,19,20). The van der Waals surface area contributed by atoms with Gasteiger partial charge in [0.2, 0.25) is 0 Å². The molecule has 112 valence electrons. The van der Waals surface area contributed by atoms with Crippen LogP contribution in [0, 0.1) is 0 Å². The summed E-state index contributed by atoms with van der Waals surface area (Å²) < 4.78 is 0. The maximum absolute atomic E-state index is 9.34. The van der Waals surface area contributed by atoms with E-state index in [-0.39, 0.29) is 5.75 Å². The highest BCUT2D eigenvalue weighted by molar-refractivity contribution is 5.62. The Labute approximate surface area is 129 Å². The predicted molar refractivity (Wildman–Crippen MR) is 86.3 cm³/mol. The summed E-state index contributed by atoms with van der Waals surface area (Å²) in [6.07, 6.45) is 0. The highest BCUT2D eigenvalue weighted by Gasteiger charge is 2.08. The quantitative estimate of drug-likeness (QED) is 0.776. The topological polar surface area (TPSA) is 65.0 Å². The summed E-state index contributed by atoms with van der Waals surface area (Å²) in [6, 6.07) is 15.1. The van der Waals surface area contributed by atoms with Gasteiger partial charge in [0.1, 0.15) is 5.75 Å². The molecule has 0 fully saturated rings.